The van der Waals surface area contributed by atoms with E-state index in [4.69, 9.17) is 90.4 Å². The van der Waals surface area contributed by atoms with E-state index >= 15 is 0 Å². The van der Waals surface area contributed by atoms with E-state index in [1.165, 1.54) is 84.9 Å². The summed E-state index contributed by atoms with van der Waals surface area (Å²) in [6.07, 6.45) is 0. The summed E-state index contributed by atoms with van der Waals surface area (Å²) in [5.41, 5.74) is 0. The predicted molar refractivity (Wildman–Crippen MR) is 297 cm³/mol. The number of rotatable bonds is 8. The van der Waals surface area contributed by atoms with Crippen molar-refractivity contribution < 1.29 is 135 Å². The van der Waals surface area contributed by atoms with Crippen LogP contribution in [0.4, 0.5) is 0 Å². The van der Waals surface area contributed by atoms with Gasteiger partial charge in [-0.05, 0) is 140 Å². The van der Waals surface area contributed by atoms with Gasteiger partial charge in [0.15, 0.2) is 80.5 Å². The zero-order chi connectivity index (χ0) is 58.4. The second-order valence-electron chi connectivity index (χ2n) is 13.5. The van der Waals surface area contributed by atoms with Gasteiger partial charge in [-0.1, -0.05) is 84.9 Å². The molecule has 7 aromatic rings. The minimum Gasteiger partial charge on any atom is -0.504 e. The molecular weight excluding hydrogens is 1350 g/mol. The molecule has 7 rings (SSSR count). The number of ether oxygens (including phenoxy) is 4. The molecule has 0 aliphatic heterocycles. The molecule has 0 aliphatic rings. The first-order valence-electron chi connectivity index (χ1n) is 23.9. The SMILES string of the molecule is CCOCC.CCOCC.CCOCC.CCOCC.Oc1ccccc1O.Oc1ccccc1O.Oc1ccccc1O.Oc1ccccc1O.Oc1ccccc1O.Oc1ccccc1O.Oc1ccccc1O.[Ta].[Ta]. The van der Waals surface area contributed by atoms with Crippen LogP contribution in [0, 0.1) is 0 Å². The van der Waals surface area contributed by atoms with Gasteiger partial charge in [-0.3, -0.25) is 0 Å². The number of aromatic hydroxyl groups is 14. The zero-order valence-electron chi connectivity index (χ0n) is 45.6. The summed E-state index contributed by atoms with van der Waals surface area (Å²) in [4.78, 5) is 0. The monoisotopic (exact) mass is 1430 g/mol. The fourth-order valence-corrected chi connectivity index (χ4v) is 4.07. The van der Waals surface area contributed by atoms with Gasteiger partial charge in [0, 0.05) is 97.6 Å². The quantitative estimate of drug-likeness (QED) is 0.0629. The van der Waals surface area contributed by atoms with Gasteiger partial charge in [0.25, 0.3) is 0 Å². The maximum Gasteiger partial charge on any atom is 0.157 e. The van der Waals surface area contributed by atoms with E-state index in [0.29, 0.717) is 0 Å². The summed E-state index contributed by atoms with van der Waals surface area (Å²) in [6.45, 7) is 22.7. The second kappa shape index (κ2) is 59.3. The van der Waals surface area contributed by atoms with Crippen LogP contribution in [-0.4, -0.2) is 124 Å². The standard InChI is InChI=1S/7C6H6O2.4C4H10O.2Ta/c7*7-5-3-1-2-4-6(5)8;4*1-3-5-4-2;;/h7*1-4,7-8H;4*3-4H2,1-2H3;;. The van der Waals surface area contributed by atoms with Gasteiger partial charge in [-0.25, -0.2) is 0 Å². The average Bonchev–Trinajstić information content (AvgIpc) is 3.41. The van der Waals surface area contributed by atoms with Crippen LogP contribution in [0.2, 0.25) is 0 Å². The first-order valence-corrected chi connectivity index (χ1v) is 23.9. The Hall–Kier alpha value is -6.94. The predicted octanol–water partition coefficient (Wildman–Crippen LogP) is 11.9. The third kappa shape index (κ3) is 52.5. The molecule has 14 N–H and O–H groups in total. The zero-order valence-corrected chi connectivity index (χ0v) is 52.0. The van der Waals surface area contributed by atoms with Gasteiger partial charge in [0.05, 0.1) is 0 Å². The molecule has 20 heteroatoms. The fraction of sp³-hybridized carbons (Fsp3) is 0.276. The summed E-state index contributed by atoms with van der Waals surface area (Å²) in [6, 6.07) is 43.0. The van der Waals surface area contributed by atoms with Gasteiger partial charge in [-0.2, -0.15) is 0 Å². The molecule has 432 valence electrons. The molecule has 0 spiro atoms. The molecule has 0 atom stereocenters. The molecule has 0 saturated heterocycles. The Bertz CT molecular complexity index is 1770. The van der Waals surface area contributed by atoms with E-state index in [1.54, 1.807) is 84.9 Å². The van der Waals surface area contributed by atoms with Crippen molar-refractivity contribution in [1.82, 2.24) is 0 Å². The summed E-state index contributed by atoms with van der Waals surface area (Å²) in [5, 5.41) is 121. The van der Waals surface area contributed by atoms with Crippen molar-refractivity contribution in [2.24, 2.45) is 0 Å². The molecule has 0 aromatic heterocycles. The van der Waals surface area contributed by atoms with Crippen molar-refractivity contribution in [2.45, 2.75) is 55.4 Å². The maximum atomic E-state index is 8.67. The van der Waals surface area contributed by atoms with Crippen LogP contribution in [-0.2, 0) is 63.7 Å². The molecule has 7 aromatic carbocycles. The van der Waals surface area contributed by atoms with Crippen LogP contribution in [0.3, 0.4) is 0 Å². The van der Waals surface area contributed by atoms with E-state index in [-0.39, 0.29) is 125 Å². The van der Waals surface area contributed by atoms with Crippen molar-refractivity contribution in [1.29, 1.82) is 0 Å². The van der Waals surface area contributed by atoms with Gasteiger partial charge < -0.3 is 90.4 Å². The van der Waals surface area contributed by atoms with Crippen LogP contribution in [0.25, 0.3) is 0 Å². The Morgan fingerprint density at radius 1 is 0.179 bits per heavy atom. The Kier molecular flexibility index (Phi) is 62.7. The normalized spacial score (nSPS) is 8.62. The summed E-state index contributed by atoms with van der Waals surface area (Å²) in [5.74, 6) is -1.07. The second-order valence-corrected chi connectivity index (χ2v) is 13.5. The molecule has 0 fully saturated rings. The maximum absolute atomic E-state index is 8.67. The average molecular weight is 1430 g/mol. The van der Waals surface area contributed by atoms with Crippen molar-refractivity contribution in [3.63, 3.8) is 0 Å². The number of phenolic OH excluding ortho intramolecular Hbond substituents is 14. The van der Waals surface area contributed by atoms with Gasteiger partial charge in [0.2, 0.25) is 0 Å². The number of para-hydroxylation sites is 14. The third-order valence-electron chi connectivity index (χ3n) is 7.81. The topological polar surface area (TPSA) is 320 Å². The molecule has 78 heavy (non-hydrogen) atoms. The van der Waals surface area contributed by atoms with Crippen molar-refractivity contribution in [3.8, 4) is 80.5 Å². The van der Waals surface area contributed by atoms with Crippen molar-refractivity contribution in [3.05, 3.63) is 170 Å². The molecule has 0 aliphatic carbocycles. The Morgan fingerprint density at radius 3 is 0.269 bits per heavy atom. The van der Waals surface area contributed by atoms with E-state index < -0.39 is 0 Å². The molecular formula is C58H82O18Ta2. The first-order chi connectivity index (χ1) is 36.3. The van der Waals surface area contributed by atoms with Crippen LogP contribution in [0.1, 0.15) is 55.4 Å². The minimum absolute atomic E-state index is 0. The molecule has 0 saturated carbocycles. The Morgan fingerprint density at radius 2 is 0.244 bits per heavy atom. The largest absolute Gasteiger partial charge is 0.504 e. The van der Waals surface area contributed by atoms with E-state index in [1.807, 2.05) is 55.4 Å². The molecule has 0 heterocycles. The fourth-order valence-electron chi connectivity index (χ4n) is 4.07. The summed E-state index contributed by atoms with van der Waals surface area (Å²) < 4.78 is 19.3. The van der Waals surface area contributed by atoms with Crippen molar-refractivity contribution >= 4 is 0 Å². The van der Waals surface area contributed by atoms with Crippen LogP contribution in [0.15, 0.2) is 170 Å². The molecule has 2 radical (unpaired) electrons. The van der Waals surface area contributed by atoms with Gasteiger partial charge >= 0.3 is 0 Å². The van der Waals surface area contributed by atoms with Crippen LogP contribution < -0.4 is 0 Å². The molecule has 0 unspecified atom stereocenters. The third-order valence-corrected chi connectivity index (χ3v) is 7.81. The number of phenols is 14. The van der Waals surface area contributed by atoms with E-state index in [2.05, 4.69) is 0 Å². The number of hydrogen-bond donors (Lipinski definition) is 14. The van der Waals surface area contributed by atoms with Crippen LogP contribution >= 0.6 is 0 Å². The first kappa shape index (κ1) is 82.4. The van der Waals surface area contributed by atoms with E-state index in [0.717, 1.165) is 52.9 Å². The summed E-state index contributed by atoms with van der Waals surface area (Å²) in [7, 11) is 0. The van der Waals surface area contributed by atoms with Crippen molar-refractivity contribution in [2.75, 3.05) is 52.9 Å². The molecule has 0 amide bonds. The smallest absolute Gasteiger partial charge is 0.157 e. The number of benzene rings is 7. The Balaban J connectivity index is -0.000000183. The van der Waals surface area contributed by atoms with Gasteiger partial charge in [0.1, 0.15) is 0 Å². The van der Waals surface area contributed by atoms with Crippen LogP contribution in [0.5, 0.6) is 80.5 Å². The summed E-state index contributed by atoms with van der Waals surface area (Å²) >= 11 is 0. The number of hydrogen-bond acceptors (Lipinski definition) is 18. The minimum atomic E-state index is -0.0764. The Labute approximate surface area is 491 Å². The molecule has 18 nitrogen and oxygen atoms in total. The van der Waals surface area contributed by atoms with Gasteiger partial charge in [-0.15, -0.1) is 0 Å². The van der Waals surface area contributed by atoms with E-state index in [9.17, 15) is 0 Å². The molecule has 0 bridgehead atoms.